The van der Waals surface area contributed by atoms with Crippen LogP contribution in [0, 0.1) is 6.92 Å². The molecular weight excluding hydrogens is 312 g/mol. The Bertz CT molecular complexity index is 506. The van der Waals surface area contributed by atoms with Crippen molar-refractivity contribution >= 4 is 23.5 Å². The molecule has 1 aromatic carbocycles. The second kappa shape index (κ2) is 15.7. The van der Waals surface area contributed by atoms with Crippen molar-refractivity contribution in [1.29, 1.82) is 0 Å². The summed E-state index contributed by atoms with van der Waals surface area (Å²) < 4.78 is 10.2. The van der Waals surface area contributed by atoms with Gasteiger partial charge in [-0.3, -0.25) is 0 Å². The van der Waals surface area contributed by atoms with E-state index in [9.17, 15) is 9.59 Å². The molecule has 0 aliphatic rings. The molecule has 0 aromatic heterocycles. The smallest absolute Gasteiger partial charge is 0.240 e. The maximum atomic E-state index is 10.00. The van der Waals surface area contributed by atoms with Crippen LogP contribution in [0.2, 0.25) is 0 Å². The Morgan fingerprint density at radius 3 is 2.00 bits per heavy atom. The fraction of sp³-hybridized carbons (Fsp3) is 0.529. The lowest BCUT2D eigenvalue weighted by Gasteiger charge is -2.02. The van der Waals surface area contributed by atoms with Crippen molar-refractivity contribution in [2.45, 2.75) is 26.7 Å². The first-order chi connectivity index (χ1) is 11.7. The van der Waals surface area contributed by atoms with E-state index in [0.717, 1.165) is 19.4 Å². The summed E-state index contributed by atoms with van der Waals surface area (Å²) in [5, 5.41) is 8.34. The van der Waals surface area contributed by atoms with Crippen LogP contribution < -0.4 is 0 Å². The summed E-state index contributed by atoms with van der Waals surface area (Å²) in [5.74, 6) is 0. The first-order valence-corrected chi connectivity index (χ1v) is 7.72. The first kappa shape index (κ1) is 21.9. The molecule has 0 saturated carbocycles. The summed E-state index contributed by atoms with van der Waals surface area (Å²) in [4.78, 5) is 26.9. The van der Waals surface area contributed by atoms with Gasteiger partial charge in [-0.15, -0.1) is 0 Å². The monoisotopic (exact) mass is 336 g/mol. The number of aliphatic hydroxyl groups excluding tert-OH is 1. The number of aliphatic imine (C=N–C) groups is 2. The second-order valence-electron chi connectivity index (χ2n) is 4.63. The number of aliphatic hydroxyl groups is 1. The van der Waals surface area contributed by atoms with Gasteiger partial charge in [-0.25, -0.2) is 9.59 Å². The minimum Gasteiger partial charge on any atom is -0.394 e. The van der Waals surface area contributed by atoms with Crippen LogP contribution in [0.1, 0.15) is 25.3 Å². The molecule has 0 heterocycles. The van der Waals surface area contributed by atoms with Gasteiger partial charge >= 0.3 is 0 Å². The molecule has 0 spiro atoms. The highest BCUT2D eigenvalue weighted by Gasteiger charge is 2.00. The molecule has 0 bridgehead atoms. The van der Waals surface area contributed by atoms with E-state index in [2.05, 4.69) is 16.9 Å². The highest BCUT2D eigenvalue weighted by molar-refractivity contribution is 5.64. The molecule has 24 heavy (non-hydrogen) atoms. The molecule has 0 amide bonds. The highest BCUT2D eigenvalue weighted by atomic mass is 16.5. The fourth-order valence-corrected chi connectivity index (χ4v) is 1.59. The van der Waals surface area contributed by atoms with Crippen LogP contribution >= 0.6 is 0 Å². The molecule has 7 heteroatoms. The number of carbonyl (C=O) groups excluding carboxylic acids is 2. The lowest BCUT2D eigenvalue weighted by Crippen LogP contribution is -2.07. The van der Waals surface area contributed by atoms with Gasteiger partial charge in [-0.1, -0.05) is 19.4 Å². The van der Waals surface area contributed by atoms with E-state index in [1.165, 1.54) is 12.2 Å². The van der Waals surface area contributed by atoms with Crippen molar-refractivity contribution in [3.05, 3.63) is 23.8 Å². The van der Waals surface area contributed by atoms with Gasteiger partial charge in [0.1, 0.15) is 0 Å². The van der Waals surface area contributed by atoms with Crippen LogP contribution in [0.25, 0.3) is 0 Å². The normalized spacial score (nSPS) is 9.29. The summed E-state index contributed by atoms with van der Waals surface area (Å²) in [6.45, 7) is 6.40. The van der Waals surface area contributed by atoms with Gasteiger partial charge in [0.25, 0.3) is 0 Å². The number of nitrogens with zero attached hydrogens (tertiary/aromatic N) is 2. The van der Waals surface area contributed by atoms with Crippen molar-refractivity contribution in [3.63, 3.8) is 0 Å². The highest BCUT2D eigenvalue weighted by Crippen LogP contribution is 2.26. The van der Waals surface area contributed by atoms with Crippen molar-refractivity contribution < 1.29 is 24.2 Å². The molecule has 1 N–H and O–H groups in total. The summed E-state index contributed by atoms with van der Waals surface area (Å²) in [6.07, 6.45) is 5.13. The summed E-state index contributed by atoms with van der Waals surface area (Å²) in [7, 11) is 0. The third kappa shape index (κ3) is 10.6. The first-order valence-electron chi connectivity index (χ1n) is 7.72. The van der Waals surface area contributed by atoms with E-state index in [-0.39, 0.29) is 6.61 Å². The molecular formula is C17H24N2O5. The largest absolute Gasteiger partial charge is 0.394 e. The van der Waals surface area contributed by atoms with Crippen LogP contribution in [-0.2, 0) is 19.1 Å². The van der Waals surface area contributed by atoms with E-state index < -0.39 is 0 Å². The molecule has 7 nitrogen and oxygen atoms in total. The second-order valence-corrected chi connectivity index (χ2v) is 4.63. The molecule has 132 valence electrons. The predicted octanol–water partition coefficient (Wildman–Crippen LogP) is 2.74. The Kier molecular flexibility index (Phi) is 14.3. The number of unbranched alkanes of at least 4 members (excludes halogenated alkanes) is 1. The molecule has 1 rings (SSSR count). The molecule has 0 radical (unpaired) electrons. The number of benzene rings is 1. The maximum absolute atomic E-state index is 10.00. The Morgan fingerprint density at radius 1 is 1.00 bits per heavy atom. The van der Waals surface area contributed by atoms with E-state index >= 15 is 0 Å². The standard InChI is InChI=1S/C9H6N2O2.C8H18O3/c1-7-8(10-5-12)3-2-4-9(7)11-6-13;1-2-3-5-10-7-8-11-6-4-9/h2-4H,1H3;9H,2-8H2,1H3. The zero-order valence-corrected chi connectivity index (χ0v) is 14.2. The van der Waals surface area contributed by atoms with Gasteiger partial charge < -0.3 is 14.6 Å². The minimum absolute atomic E-state index is 0.0922. The molecule has 0 fully saturated rings. The number of rotatable bonds is 10. The van der Waals surface area contributed by atoms with Crippen LogP contribution in [0.3, 0.4) is 0 Å². The van der Waals surface area contributed by atoms with Gasteiger partial charge in [0.2, 0.25) is 12.2 Å². The molecule has 1 aromatic rings. The maximum Gasteiger partial charge on any atom is 0.240 e. The van der Waals surface area contributed by atoms with Crippen molar-refractivity contribution in [2.24, 2.45) is 9.98 Å². The van der Waals surface area contributed by atoms with Crippen LogP contribution in [0.15, 0.2) is 28.2 Å². The minimum atomic E-state index is 0.0922. The van der Waals surface area contributed by atoms with Gasteiger partial charge in [0.05, 0.1) is 37.8 Å². The Morgan fingerprint density at radius 2 is 1.54 bits per heavy atom. The van der Waals surface area contributed by atoms with E-state index in [0.29, 0.717) is 36.8 Å². The van der Waals surface area contributed by atoms with Crippen molar-refractivity contribution in [3.8, 4) is 0 Å². The fourth-order valence-electron chi connectivity index (χ4n) is 1.59. The SMILES string of the molecule is CCCCOCCOCCO.Cc1c(N=C=O)cccc1N=C=O. The predicted molar refractivity (Wildman–Crippen MR) is 90.4 cm³/mol. The average molecular weight is 336 g/mol. The average Bonchev–Trinajstić information content (AvgIpc) is 2.59. The van der Waals surface area contributed by atoms with Gasteiger partial charge in [0.15, 0.2) is 0 Å². The van der Waals surface area contributed by atoms with Gasteiger partial charge in [0, 0.05) is 12.2 Å². The number of isocyanates is 2. The summed E-state index contributed by atoms with van der Waals surface area (Å²) >= 11 is 0. The number of hydrogen-bond acceptors (Lipinski definition) is 7. The third-order valence-corrected chi connectivity index (χ3v) is 2.86. The van der Waals surface area contributed by atoms with Crippen LogP contribution in [0.4, 0.5) is 11.4 Å². The van der Waals surface area contributed by atoms with Crippen LogP contribution in [0.5, 0.6) is 0 Å². The third-order valence-electron chi connectivity index (χ3n) is 2.86. The number of hydrogen-bond donors (Lipinski definition) is 1. The van der Waals surface area contributed by atoms with Gasteiger partial charge in [-0.05, 0) is 25.5 Å². The molecule has 0 atom stereocenters. The topological polar surface area (TPSA) is 97.6 Å². The van der Waals surface area contributed by atoms with Crippen molar-refractivity contribution in [1.82, 2.24) is 0 Å². The molecule has 0 unspecified atom stereocenters. The van der Waals surface area contributed by atoms with Crippen LogP contribution in [-0.4, -0.2) is 50.3 Å². The Hall–Kier alpha value is -2.14. The molecule has 0 aliphatic heterocycles. The zero-order valence-electron chi connectivity index (χ0n) is 14.2. The molecule has 0 saturated heterocycles. The summed E-state index contributed by atoms with van der Waals surface area (Å²) in [6, 6.07) is 4.94. The Labute approximate surface area is 142 Å². The zero-order chi connectivity index (χ0) is 18.0. The quantitative estimate of drug-likeness (QED) is 0.402. The van der Waals surface area contributed by atoms with E-state index in [1.807, 2.05) is 0 Å². The van der Waals surface area contributed by atoms with E-state index in [4.69, 9.17) is 14.6 Å². The lowest BCUT2D eigenvalue weighted by atomic mass is 10.1. The molecule has 0 aliphatic carbocycles. The number of ether oxygens (including phenoxy) is 2. The Balaban J connectivity index is 0.000000449. The van der Waals surface area contributed by atoms with Crippen molar-refractivity contribution in [2.75, 3.05) is 33.0 Å². The van der Waals surface area contributed by atoms with Gasteiger partial charge in [-0.2, -0.15) is 9.98 Å². The lowest BCUT2D eigenvalue weighted by molar-refractivity contribution is 0.0324. The summed E-state index contributed by atoms with van der Waals surface area (Å²) in [5.41, 5.74) is 1.59. The van der Waals surface area contributed by atoms with E-state index in [1.54, 1.807) is 25.1 Å².